The summed E-state index contributed by atoms with van der Waals surface area (Å²) in [6.45, 7) is 6.92. The summed E-state index contributed by atoms with van der Waals surface area (Å²) in [7, 11) is 0. The number of hydrogen-bond acceptors (Lipinski definition) is 5. The van der Waals surface area contributed by atoms with Crippen LogP contribution in [0, 0.1) is 6.92 Å². The number of fused-ring (bicyclic) bond motifs is 2. The van der Waals surface area contributed by atoms with Crippen molar-refractivity contribution >= 4 is 28.5 Å². The van der Waals surface area contributed by atoms with Crippen LogP contribution in [0.25, 0.3) is 22.3 Å². The molecule has 1 atom stereocenters. The highest BCUT2D eigenvalue weighted by Crippen LogP contribution is 2.33. The summed E-state index contributed by atoms with van der Waals surface area (Å²) in [6.07, 6.45) is 0. The van der Waals surface area contributed by atoms with Gasteiger partial charge in [-0.2, -0.15) is 0 Å². The molecule has 0 saturated heterocycles. The average Bonchev–Trinajstić information content (AvgIpc) is 3.19. The zero-order valence-corrected chi connectivity index (χ0v) is 20.3. The highest BCUT2D eigenvalue weighted by atomic mass is 16.4. The largest absolute Gasteiger partial charge is 0.478 e. The van der Waals surface area contributed by atoms with Crippen molar-refractivity contribution in [1.29, 1.82) is 0 Å². The smallest absolute Gasteiger partial charge is 0.337 e. The standard InChI is InChI=1S/C29H26N2O5/c1-4-31-15-19-13-18(9-10-20(19)28(31)33)26-14-25(32)23-12-16(2)11-22(27(23)36-26)17(3)30-24-8-6-5-7-21(24)29(34)35/h5-14,17,30H,4,15H2,1-3H3,(H,34,35). The monoisotopic (exact) mass is 482 g/mol. The van der Waals surface area contributed by atoms with E-state index in [-0.39, 0.29) is 22.9 Å². The number of aryl methyl sites for hydroxylation is 1. The van der Waals surface area contributed by atoms with E-state index in [1.807, 2.05) is 32.9 Å². The molecule has 0 bridgehead atoms. The lowest BCUT2D eigenvalue weighted by Crippen LogP contribution is -2.22. The molecule has 1 aromatic heterocycles. The van der Waals surface area contributed by atoms with E-state index in [1.165, 1.54) is 6.07 Å². The maximum absolute atomic E-state index is 13.2. The molecule has 7 heteroatoms. The lowest BCUT2D eigenvalue weighted by atomic mass is 9.99. The predicted octanol–water partition coefficient (Wildman–Crippen LogP) is 5.62. The quantitative estimate of drug-likeness (QED) is 0.370. The molecular weight excluding hydrogens is 456 g/mol. The van der Waals surface area contributed by atoms with Crippen LogP contribution in [0.3, 0.4) is 0 Å². The fourth-order valence-electron chi connectivity index (χ4n) is 4.79. The molecule has 1 aliphatic heterocycles. The molecule has 5 rings (SSSR count). The molecule has 0 saturated carbocycles. The Bertz CT molecular complexity index is 1590. The Labute approximate surface area is 208 Å². The minimum atomic E-state index is -1.02. The van der Waals surface area contributed by atoms with Crippen LogP contribution in [0.2, 0.25) is 0 Å². The maximum Gasteiger partial charge on any atom is 0.337 e. The number of nitrogens with one attached hydrogen (secondary N) is 1. The van der Waals surface area contributed by atoms with Gasteiger partial charge in [-0.25, -0.2) is 4.79 Å². The second-order valence-electron chi connectivity index (χ2n) is 9.11. The molecule has 0 spiro atoms. The number of carbonyl (C=O) groups is 2. The summed E-state index contributed by atoms with van der Waals surface area (Å²) in [6, 6.07) is 17.1. The van der Waals surface area contributed by atoms with E-state index in [0.29, 0.717) is 41.1 Å². The first-order valence-corrected chi connectivity index (χ1v) is 11.9. The lowest BCUT2D eigenvalue weighted by molar-refractivity contribution is 0.0697. The molecule has 36 heavy (non-hydrogen) atoms. The Hall–Kier alpha value is -4.39. The van der Waals surface area contributed by atoms with Crippen LogP contribution < -0.4 is 10.7 Å². The van der Waals surface area contributed by atoms with Gasteiger partial charge in [-0.15, -0.1) is 0 Å². The minimum Gasteiger partial charge on any atom is -0.478 e. The van der Waals surface area contributed by atoms with E-state index in [0.717, 1.165) is 22.3 Å². The third-order valence-corrected chi connectivity index (χ3v) is 6.65. The first kappa shape index (κ1) is 23.4. The second-order valence-corrected chi connectivity index (χ2v) is 9.11. The molecule has 7 nitrogen and oxygen atoms in total. The zero-order valence-electron chi connectivity index (χ0n) is 20.3. The molecule has 2 heterocycles. The van der Waals surface area contributed by atoms with Crippen LogP contribution >= 0.6 is 0 Å². The van der Waals surface area contributed by atoms with Crippen molar-refractivity contribution in [3.63, 3.8) is 0 Å². The van der Waals surface area contributed by atoms with Crippen LogP contribution in [0.5, 0.6) is 0 Å². The van der Waals surface area contributed by atoms with E-state index < -0.39 is 5.97 Å². The number of amides is 1. The Balaban J connectivity index is 1.60. The minimum absolute atomic E-state index is 0.0123. The predicted molar refractivity (Wildman–Crippen MR) is 139 cm³/mol. The molecular formula is C29H26N2O5. The van der Waals surface area contributed by atoms with E-state index in [1.54, 1.807) is 47.4 Å². The summed E-state index contributed by atoms with van der Waals surface area (Å²) in [4.78, 5) is 39.1. The Morgan fingerprint density at radius 1 is 1.11 bits per heavy atom. The molecule has 2 N–H and O–H groups in total. The van der Waals surface area contributed by atoms with Gasteiger partial charge in [0.15, 0.2) is 5.43 Å². The fourth-order valence-corrected chi connectivity index (χ4v) is 4.79. The summed E-state index contributed by atoms with van der Waals surface area (Å²) < 4.78 is 6.34. The Morgan fingerprint density at radius 2 is 1.89 bits per heavy atom. The molecule has 0 fully saturated rings. The number of nitrogens with zero attached hydrogens (tertiary/aromatic N) is 1. The van der Waals surface area contributed by atoms with Crippen LogP contribution in [-0.2, 0) is 6.54 Å². The van der Waals surface area contributed by atoms with Crippen molar-refractivity contribution in [2.24, 2.45) is 0 Å². The van der Waals surface area contributed by atoms with Gasteiger partial charge in [0.2, 0.25) is 0 Å². The molecule has 0 aliphatic carbocycles. The van der Waals surface area contributed by atoms with Crippen LogP contribution in [-0.4, -0.2) is 28.4 Å². The van der Waals surface area contributed by atoms with Crippen molar-refractivity contribution in [3.05, 3.63) is 98.7 Å². The molecule has 1 amide bonds. The van der Waals surface area contributed by atoms with Crippen molar-refractivity contribution < 1.29 is 19.1 Å². The van der Waals surface area contributed by atoms with Crippen LogP contribution in [0.4, 0.5) is 5.69 Å². The summed E-state index contributed by atoms with van der Waals surface area (Å²) in [5.41, 5.74) is 4.88. The molecule has 4 aromatic rings. The molecule has 182 valence electrons. The number of carboxylic acids is 1. The first-order chi connectivity index (χ1) is 17.3. The van der Waals surface area contributed by atoms with Crippen molar-refractivity contribution in [1.82, 2.24) is 4.90 Å². The fraction of sp³-hybridized carbons (Fsp3) is 0.207. The van der Waals surface area contributed by atoms with E-state index in [9.17, 15) is 19.5 Å². The number of benzene rings is 3. The maximum atomic E-state index is 13.2. The van der Waals surface area contributed by atoms with Gasteiger partial charge in [0.1, 0.15) is 11.3 Å². The SMILES string of the molecule is CCN1Cc2cc(-c3cc(=O)c4cc(C)cc(C(C)Nc5ccccc5C(=O)O)c4o3)ccc2C1=O. The Morgan fingerprint density at radius 3 is 2.64 bits per heavy atom. The number of rotatable bonds is 6. The van der Waals surface area contributed by atoms with Crippen molar-refractivity contribution in [2.45, 2.75) is 33.4 Å². The summed E-state index contributed by atoms with van der Waals surface area (Å²) in [5.74, 6) is -0.593. The van der Waals surface area contributed by atoms with Gasteiger partial charge in [0.05, 0.1) is 17.0 Å². The first-order valence-electron chi connectivity index (χ1n) is 11.9. The van der Waals surface area contributed by atoms with E-state index in [2.05, 4.69) is 5.32 Å². The second kappa shape index (κ2) is 9.00. The Kier molecular flexibility index (Phi) is 5.84. The number of carboxylic acid groups (broad SMARTS) is 1. The lowest BCUT2D eigenvalue weighted by Gasteiger charge is -2.19. The van der Waals surface area contributed by atoms with E-state index >= 15 is 0 Å². The molecule has 1 unspecified atom stereocenters. The number of aromatic carboxylic acids is 1. The highest BCUT2D eigenvalue weighted by Gasteiger charge is 2.26. The van der Waals surface area contributed by atoms with Gasteiger partial charge in [0.25, 0.3) is 5.91 Å². The third kappa shape index (κ3) is 4.02. The van der Waals surface area contributed by atoms with Gasteiger partial charge >= 0.3 is 5.97 Å². The van der Waals surface area contributed by atoms with Crippen LogP contribution in [0.1, 0.15) is 57.3 Å². The zero-order chi connectivity index (χ0) is 25.6. The van der Waals surface area contributed by atoms with Gasteiger partial charge in [-0.3, -0.25) is 9.59 Å². The van der Waals surface area contributed by atoms with Gasteiger partial charge in [-0.1, -0.05) is 24.3 Å². The highest BCUT2D eigenvalue weighted by molar-refractivity contribution is 5.99. The molecule has 0 radical (unpaired) electrons. The van der Waals surface area contributed by atoms with E-state index in [4.69, 9.17) is 4.42 Å². The number of carbonyl (C=O) groups excluding carboxylic acids is 1. The topological polar surface area (TPSA) is 99.8 Å². The number of para-hydroxylation sites is 1. The van der Waals surface area contributed by atoms with Crippen molar-refractivity contribution in [3.8, 4) is 11.3 Å². The average molecular weight is 483 g/mol. The van der Waals surface area contributed by atoms with Gasteiger partial charge < -0.3 is 19.7 Å². The molecule has 3 aromatic carbocycles. The van der Waals surface area contributed by atoms with Gasteiger partial charge in [-0.05, 0) is 62.2 Å². The number of anilines is 1. The normalized spacial score (nSPS) is 13.6. The molecule has 1 aliphatic rings. The van der Waals surface area contributed by atoms with Crippen molar-refractivity contribution in [2.75, 3.05) is 11.9 Å². The summed E-state index contributed by atoms with van der Waals surface area (Å²) in [5, 5.41) is 13.3. The summed E-state index contributed by atoms with van der Waals surface area (Å²) >= 11 is 0. The number of hydrogen-bond donors (Lipinski definition) is 2. The third-order valence-electron chi connectivity index (χ3n) is 6.65. The van der Waals surface area contributed by atoms with Gasteiger partial charge in [0, 0.05) is 41.5 Å². The van der Waals surface area contributed by atoms with Crippen LogP contribution in [0.15, 0.2) is 69.9 Å².